The van der Waals surface area contributed by atoms with Crippen LogP contribution >= 0.6 is 11.8 Å². The predicted octanol–water partition coefficient (Wildman–Crippen LogP) is -0.219. The summed E-state index contributed by atoms with van der Waals surface area (Å²) in [5.74, 6) is 2.27. The first-order valence-corrected chi connectivity index (χ1v) is 5.33. The third-order valence-electron chi connectivity index (χ3n) is 2.40. The minimum Gasteiger partial charge on any atom is -0.381 e. The van der Waals surface area contributed by atoms with Crippen molar-refractivity contribution < 1.29 is 5.11 Å². The summed E-state index contributed by atoms with van der Waals surface area (Å²) in [6, 6.07) is 0. The molecule has 1 fully saturated rings. The molecular weight excluding hydrogens is 188 g/mol. The van der Waals surface area contributed by atoms with Crippen LogP contribution in [-0.4, -0.2) is 36.8 Å². The molecule has 5 nitrogen and oxygen atoms in total. The van der Waals surface area contributed by atoms with Crippen molar-refractivity contribution >= 4 is 11.8 Å². The maximum absolute atomic E-state index is 10.2. The summed E-state index contributed by atoms with van der Waals surface area (Å²) in [6.45, 7) is 2.01. The lowest BCUT2D eigenvalue weighted by molar-refractivity contribution is 0.0143. The van der Waals surface area contributed by atoms with Gasteiger partial charge >= 0.3 is 0 Å². The number of nitrogens with zero attached hydrogens (tertiary/aromatic N) is 4. The van der Waals surface area contributed by atoms with Gasteiger partial charge in [0.05, 0.1) is 7.05 Å². The van der Waals surface area contributed by atoms with Crippen molar-refractivity contribution in [1.29, 1.82) is 0 Å². The van der Waals surface area contributed by atoms with Gasteiger partial charge < -0.3 is 5.11 Å². The third kappa shape index (κ3) is 1.34. The van der Waals surface area contributed by atoms with Gasteiger partial charge in [0.15, 0.2) is 0 Å². The van der Waals surface area contributed by atoms with Crippen molar-refractivity contribution in [2.75, 3.05) is 11.5 Å². The number of thioether (sulfide) groups is 1. The Kier molecular flexibility index (Phi) is 2.03. The molecule has 6 heteroatoms. The second-order valence-electron chi connectivity index (χ2n) is 3.44. The lowest BCUT2D eigenvalue weighted by Gasteiger charge is -2.21. The number of aryl methyl sites for hydroxylation is 1. The van der Waals surface area contributed by atoms with E-state index in [9.17, 15) is 5.11 Å². The second kappa shape index (κ2) is 2.95. The Morgan fingerprint density at radius 2 is 2.46 bits per heavy atom. The van der Waals surface area contributed by atoms with Gasteiger partial charge in [-0.2, -0.15) is 16.6 Å². The van der Waals surface area contributed by atoms with Crippen LogP contribution in [-0.2, 0) is 12.6 Å². The molecule has 1 aromatic heterocycles. The summed E-state index contributed by atoms with van der Waals surface area (Å²) in [7, 11) is 1.70. The number of hydrogen-bond acceptors (Lipinski definition) is 5. The zero-order valence-electron chi connectivity index (χ0n) is 7.64. The number of tetrazole rings is 1. The van der Waals surface area contributed by atoms with Crippen LogP contribution in [0.5, 0.6) is 0 Å². The molecule has 2 rings (SSSR count). The highest BCUT2D eigenvalue weighted by atomic mass is 32.2. The van der Waals surface area contributed by atoms with Gasteiger partial charge in [0, 0.05) is 11.7 Å². The number of hydrogen-bond donors (Lipinski definition) is 1. The van der Waals surface area contributed by atoms with Crippen LogP contribution < -0.4 is 0 Å². The van der Waals surface area contributed by atoms with Crippen LogP contribution in [0.4, 0.5) is 0 Å². The molecule has 1 saturated heterocycles. The zero-order valence-corrected chi connectivity index (χ0v) is 8.45. The van der Waals surface area contributed by atoms with Gasteiger partial charge in [0.1, 0.15) is 5.60 Å². The topological polar surface area (TPSA) is 63.8 Å². The van der Waals surface area contributed by atoms with Gasteiger partial charge in [-0.05, 0) is 11.0 Å². The van der Waals surface area contributed by atoms with Gasteiger partial charge in [0.25, 0.3) is 0 Å². The van der Waals surface area contributed by atoms with E-state index in [-0.39, 0.29) is 5.92 Å². The van der Waals surface area contributed by atoms with Crippen molar-refractivity contribution in [2.24, 2.45) is 13.0 Å². The van der Waals surface area contributed by atoms with Crippen LogP contribution in [0.3, 0.4) is 0 Å². The second-order valence-corrected chi connectivity index (χ2v) is 4.47. The average molecular weight is 200 g/mol. The molecule has 0 aromatic carbocycles. The molecule has 2 unspecified atom stereocenters. The Hall–Kier alpha value is -0.620. The largest absolute Gasteiger partial charge is 0.381 e. The summed E-state index contributed by atoms with van der Waals surface area (Å²) in [5.41, 5.74) is -0.876. The van der Waals surface area contributed by atoms with Crippen LogP contribution in [0.25, 0.3) is 0 Å². The average Bonchev–Trinajstić information content (AvgIpc) is 2.62. The molecule has 1 N–H and O–H groups in total. The fourth-order valence-electron chi connectivity index (χ4n) is 1.41. The van der Waals surface area contributed by atoms with E-state index in [1.807, 2.05) is 6.92 Å². The van der Waals surface area contributed by atoms with E-state index in [2.05, 4.69) is 15.4 Å². The molecule has 0 bridgehead atoms. The first-order valence-electron chi connectivity index (χ1n) is 4.17. The SMILES string of the molecule is CC1CSCC1(O)c1nnn(C)n1. The molecule has 0 saturated carbocycles. The van der Waals surface area contributed by atoms with Crippen LogP contribution in [0.2, 0.25) is 0 Å². The maximum Gasteiger partial charge on any atom is 0.207 e. The van der Waals surface area contributed by atoms with E-state index in [4.69, 9.17) is 0 Å². The van der Waals surface area contributed by atoms with Crippen molar-refractivity contribution in [3.05, 3.63) is 5.82 Å². The molecule has 0 spiro atoms. The van der Waals surface area contributed by atoms with Crippen LogP contribution in [0, 0.1) is 5.92 Å². The van der Waals surface area contributed by atoms with Crippen molar-refractivity contribution in [3.8, 4) is 0 Å². The van der Waals surface area contributed by atoms with Crippen molar-refractivity contribution in [3.63, 3.8) is 0 Å². The number of aliphatic hydroxyl groups is 1. The third-order valence-corrected chi connectivity index (χ3v) is 3.78. The standard InChI is InChI=1S/C7H12N4OS/c1-5-3-13-4-7(5,12)6-8-10-11(2)9-6/h5,12H,3-4H2,1-2H3. The summed E-state index contributed by atoms with van der Waals surface area (Å²) >= 11 is 1.73. The molecule has 2 heterocycles. The van der Waals surface area contributed by atoms with E-state index in [0.29, 0.717) is 11.6 Å². The summed E-state index contributed by atoms with van der Waals surface area (Å²) in [5, 5.41) is 21.9. The van der Waals surface area contributed by atoms with E-state index < -0.39 is 5.60 Å². The van der Waals surface area contributed by atoms with Gasteiger partial charge in [-0.15, -0.1) is 10.2 Å². The monoisotopic (exact) mass is 200 g/mol. The van der Waals surface area contributed by atoms with E-state index in [0.717, 1.165) is 5.75 Å². The molecule has 0 aliphatic carbocycles. The molecule has 72 valence electrons. The van der Waals surface area contributed by atoms with E-state index in [1.165, 1.54) is 4.80 Å². The Morgan fingerprint density at radius 1 is 1.69 bits per heavy atom. The molecule has 0 radical (unpaired) electrons. The highest BCUT2D eigenvalue weighted by Crippen LogP contribution is 2.39. The minimum absolute atomic E-state index is 0.196. The lowest BCUT2D eigenvalue weighted by atomic mass is 9.92. The van der Waals surface area contributed by atoms with E-state index >= 15 is 0 Å². The molecule has 1 aliphatic rings. The Morgan fingerprint density at radius 3 is 2.92 bits per heavy atom. The van der Waals surface area contributed by atoms with Gasteiger partial charge in [-0.25, -0.2) is 0 Å². The summed E-state index contributed by atoms with van der Waals surface area (Å²) in [6.07, 6.45) is 0. The Bertz CT molecular complexity index is 315. The molecule has 1 aromatic rings. The minimum atomic E-state index is -0.876. The van der Waals surface area contributed by atoms with Gasteiger partial charge in [0.2, 0.25) is 5.82 Å². The Labute approximate surface area is 80.5 Å². The molecular formula is C7H12N4OS. The number of rotatable bonds is 1. The first kappa shape index (κ1) is 8.96. The van der Waals surface area contributed by atoms with E-state index in [1.54, 1.807) is 18.8 Å². The van der Waals surface area contributed by atoms with Crippen molar-refractivity contribution in [1.82, 2.24) is 20.2 Å². The van der Waals surface area contributed by atoms with Crippen LogP contribution in [0.1, 0.15) is 12.7 Å². The van der Waals surface area contributed by atoms with Crippen LogP contribution in [0.15, 0.2) is 0 Å². The smallest absolute Gasteiger partial charge is 0.207 e. The van der Waals surface area contributed by atoms with Crippen molar-refractivity contribution in [2.45, 2.75) is 12.5 Å². The summed E-state index contributed by atoms with van der Waals surface area (Å²) in [4.78, 5) is 1.38. The highest BCUT2D eigenvalue weighted by molar-refractivity contribution is 7.99. The van der Waals surface area contributed by atoms with Gasteiger partial charge in [-0.3, -0.25) is 0 Å². The molecule has 2 atom stereocenters. The van der Waals surface area contributed by atoms with Gasteiger partial charge in [-0.1, -0.05) is 6.92 Å². The summed E-state index contributed by atoms with van der Waals surface area (Å²) < 4.78 is 0. The highest BCUT2D eigenvalue weighted by Gasteiger charge is 2.44. The first-order chi connectivity index (χ1) is 6.13. The Balaban J connectivity index is 2.33. The maximum atomic E-state index is 10.2. The quantitative estimate of drug-likeness (QED) is 0.679. The fraction of sp³-hybridized carbons (Fsp3) is 0.857. The molecule has 0 amide bonds. The predicted molar refractivity (Wildman–Crippen MR) is 49.2 cm³/mol. The lowest BCUT2D eigenvalue weighted by Crippen LogP contribution is -2.33. The molecule has 13 heavy (non-hydrogen) atoms. The fourth-order valence-corrected chi connectivity index (χ4v) is 2.89. The normalized spacial score (nSPS) is 33.9. The number of aromatic nitrogens is 4. The molecule has 1 aliphatic heterocycles. The zero-order chi connectivity index (χ0) is 9.47.